The Balaban J connectivity index is 2.30. The van der Waals surface area contributed by atoms with Crippen molar-refractivity contribution in [1.29, 1.82) is 0 Å². The second-order valence-corrected chi connectivity index (χ2v) is 8.50. The van der Waals surface area contributed by atoms with Crippen molar-refractivity contribution < 1.29 is 8.42 Å². The molecule has 0 aromatic heterocycles. The molecule has 13 heavy (non-hydrogen) atoms. The van der Waals surface area contributed by atoms with Gasteiger partial charge in [0.2, 0.25) is 0 Å². The highest BCUT2D eigenvalue weighted by Crippen LogP contribution is 2.60. The SMILES string of the molecule is CC1(Br)[C@H]2CCC[C@H]1C2S(C)(=O)=O. The van der Waals surface area contributed by atoms with Crippen LogP contribution in [0.25, 0.3) is 0 Å². The van der Waals surface area contributed by atoms with E-state index in [1.807, 2.05) is 0 Å². The van der Waals surface area contributed by atoms with Crippen molar-refractivity contribution in [3.63, 3.8) is 0 Å². The van der Waals surface area contributed by atoms with Gasteiger partial charge < -0.3 is 0 Å². The van der Waals surface area contributed by atoms with E-state index in [2.05, 4.69) is 22.9 Å². The molecule has 2 bridgehead atoms. The Hall–Kier alpha value is 0.430. The molecule has 3 aliphatic carbocycles. The fraction of sp³-hybridized carbons (Fsp3) is 1.00. The summed E-state index contributed by atoms with van der Waals surface area (Å²) in [5.74, 6) is 0.697. The summed E-state index contributed by atoms with van der Waals surface area (Å²) in [6.45, 7) is 2.14. The van der Waals surface area contributed by atoms with E-state index in [0.29, 0.717) is 11.8 Å². The fourth-order valence-corrected chi connectivity index (χ4v) is 6.54. The van der Waals surface area contributed by atoms with Crippen LogP contribution in [0.15, 0.2) is 0 Å². The van der Waals surface area contributed by atoms with Gasteiger partial charge in [0, 0.05) is 10.6 Å². The smallest absolute Gasteiger partial charge is 0.150 e. The third-order valence-electron chi connectivity index (χ3n) is 3.77. The summed E-state index contributed by atoms with van der Waals surface area (Å²) in [5, 5.41) is -0.0642. The average Bonchev–Trinajstić information content (AvgIpc) is 2.01. The van der Waals surface area contributed by atoms with Crippen molar-refractivity contribution in [2.75, 3.05) is 6.26 Å². The maximum Gasteiger partial charge on any atom is 0.150 e. The van der Waals surface area contributed by atoms with E-state index >= 15 is 0 Å². The van der Waals surface area contributed by atoms with Crippen LogP contribution in [0.3, 0.4) is 0 Å². The van der Waals surface area contributed by atoms with Crippen LogP contribution in [-0.4, -0.2) is 24.2 Å². The molecule has 0 aromatic rings. The molecule has 0 radical (unpaired) electrons. The Morgan fingerprint density at radius 3 is 2.00 bits per heavy atom. The molecule has 0 aromatic carbocycles. The highest BCUT2D eigenvalue weighted by atomic mass is 79.9. The van der Waals surface area contributed by atoms with Crippen LogP contribution in [0.1, 0.15) is 26.2 Å². The van der Waals surface area contributed by atoms with Crippen molar-refractivity contribution in [2.45, 2.75) is 35.8 Å². The number of halogens is 1. The molecule has 3 fully saturated rings. The lowest BCUT2D eigenvalue weighted by Gasteiger charge is -2.59. The molecule has 4 heteroatoms. The van der Waals surface area contributed by atoms with E-state index in [4.69, 9.17) is 0 Å². The van der Waals surface area contributed by atoms with E-state index < -0.39 is 9.84 Å². The van der Waals surface area contributed by atoms with E-state index in [0.717, 1.165) is 12.8 Å². The van der Waals surface area contributed by atoms with Gasteiger partial charge in [-0.2, -0.15) is 0 Å². The van der Waals surface area contributed by atoms with Crippen molar-refractivity contribution in [3.8, 4) is 0 Å². The lowest BCUT2D eigenvalue weighted by atomic mass is 9.57. The van der Waals surface area contributed by atoms with Gasteiger partial charge in [0.15, 0.2) is 9.84 Å². The zero-order valence-corrected chi connectivity index (χ0v) is 10.4. The van der Waals surface area contributed by atoms with Gasteiger partial charge in [0.05, 0.1) is 5.25 Å². The lowest BCUT2D eigenvalue weighted by molar-refractivity contribution is 0.0714. The second kappa shape index (κ2) is 2.72. The van der Waals surface area contributed by atoms with Gasteiger partial charge >= 0.3 is 0 Å². The minimum atomic E-state index is -2.83. The number of hydrogen-bond donors (Lipinski definition) is 0. The van der Waals surface area contributed by atoms with Crippen molar-refractivity contribution >= 4 is 25.8 Å². The Bertz CT molecular complexity index is 307. The number of sulfone groups is 1. The first-order valence-corrected chi connectivity index (χ1v) is 7.47. The maximum absolute atomic E-state index is 11.5. The predicted octanol–water partition coefficient (Wildman–Crippen LogP) is 1.98. The van der Waals surface area contributed by atoms with Crippen LogP contribution in [0, 0.1) is 11.8 Å². The lowest BCUT2D eigenvalue weighted by Crippen LogP contribution is -2.65. The van der Waals surface area contributed by atoms with Gasteiger partial charge in [-0.15, -0.1) is 0 Å². The molecule has 0 N–H and O–H groups in total. The quantitative estimate of drug-likeness (QED) is 0.681. The molecule has 0 amide bonds. The Morgan fingerprint density at radius 2 is 1.77 bits per heavy atom. The first kappa shape index (κ1) is 9.97. The molecular formula is C9H15BrO2S. The number of alkyl halides is 1. The largest absolute Gasteiger partial charge is 0.229 e. The first-order valence-electron chi connectivity index (χ1n) is 4.73. The van der Waals surface area contributed by atoms with Crippen LogP contribution in [0.2, 0.25) is 0 Å². The molecule has 3 saturated carbocycles. The topological polar surface area (TPSA) is 34.1 Å². The molecule has 76 valence electrons. The summed E-state index contributed by atoms with van der Waals surface area (Å²) >= 11 is 3.68. The fourth-order valence-electron chi connectivity index (χ4n) is 3.13. The van der Waals surface area contributed by atoms with Crippen molar-refractivity contribution in [1.82, 2.24) is 0 Å². The van der Waals surface area contributed by atoms with E-state index in [9.17, 15) is 8.42 Å². The van der Waals surface area contributed by atoms with Gasteiger partial charge in [0.25, 0.3) is 0 Å². The van der Waals surface area contributed by atoms with Crippen molar-refractivity contribution in [3.05, 3.63) is 0 Å². The zero-order valence-electron chi connectivity index (χ0n) is 7.96. The molecular weight excluding hydrogens is 252 g/mol. The van der Waals surface area contributed by atoms with Crippen LogP contribution < -0.4 is 0 Å². The predicted molar refractivity (Wildman–Crippen MR) is 56.8 cm³/mol. The molecule has 0 unspecified atom stereocenters. The Kier molecular flexibility index (Phi) is 2.09. The minimum absolute atomic E-state index is 0.0642. The van der Waals surface area contributed by atoms with E-state index in [-0.39, 0.29) is 9.57 Å². The van der Waals surface area contributed by atoms with E-state index in [1.54, 1.807) is 0 Å². The number of fused-ring (bicyclic) bond motifs is 2. The van der Waals surface area contributed by atoms with Gasteiger partial charge in [-0.3, -0.25) is 0 Å². The standard InChI is InChI=1S/C9H15BrO2S/c1-9(10)6-4-3-5-7(9)8(6)13(2,11)12/h6-8H,3-5H2,1-2H3/t6-,7-,8?,9?/m0/s1. The van der Waals surface area contributed by atoms with Crippen LogP contribution in [-0.2, 0) is 9.84 Å². The minimum Gasteiger partial charge on any atom is -0.229 e. The Labute approximate surface area is 88.1 Å². The molecule has 2 nitrogen and oxygen atoms in total. The molecule has 3 rings (SSSR count). The van der Waals surface area contributed by atoms with Gasteiger partial charge in [0.1, 0.15) is 0 Å². The highest BCUT2D eigenvalue weighted by molar-refractivity contribution is 9.10. The molecule has 0 saturated heterocycles. The van der Waals surface area contributed by atoms with Crippen LogP contribution in [0.4, 0.5) is 0 Å². The van der Waals surface area contributed by atoms with Crippen molar-refractivity contribution in [2.24, 2.45) is 11.8 Å². The van der Waals surface area contributed by atoms with Crippen LogP contribution in [0.5, 0.6) is 0 Å². The summed E-state index contributed by atoms with van der Waals surface area (Å²) in [6.07, 6.45) is 4.71. The van der Waals surface area contributed by atoms with Gasteiger partial charge in [-0.1, -0.05) is 22.4 Å². The number of rotatable bonds is 1. The monoisotopic (exact) mass is 266 g/mol. The summed E-state index contributed by atoms with van der Waals surface area (Å²) < 4.78 is 23.1. The van der Waals surface area contributed by atoms with Gasteiger partial charge in [-0.25, -0.2) is 8.42 Å². The van der Waals surface area contributed by atoms with E-state index in [1.165, 1.54) is 12.7 Å². The number of hydrogen-bond acceptors (Lipinski definition) is 2. The maximum atomic E-state index is 11.5. The molecule has 0 heterocycles. The summed E-state index contributed by atoms with van der Waals surface area (Å²) in [6, 6.07) is 0. The average molecular weight is 267 g/mol. The summed E-state index contributed by atoms with van der Waals surface area (Å²) in [7, 11) is -2.83. The molecule has 0 spiro atoms. The molecule has 2 atom stereocenters. The van der Waals surface area contributed by atoms with Gasteiger partial charge in [-0.05, 0) is 31.6 Å². The Morgan fingerprint density at radius 1 is 1.31 bits per heavy atom. The second-order valence-electron chi connectivity index (χ2n) is 4.59. The summed E-state index contributed by atoms with van der Waals surface area (Å²) in [5.41, 5.74) is 0. The first-order chi connectivity index (χ1) is 5.85. The summed E-state index contributed by atoms with van der Waals surface area (Å²) in [4.78, 5) is 0. The zero-order chi connectivity index (χ0) is 9.85. The third-order valence-corrected chi connectivity index (χ3v) is 6.59. The third kappa shape index (κ3) is 1.29. The molecule has 3 aliphatic rings. The van der Waals surface area contributed by atoms with Crippen LogP contribution >= 0.6 is 15.9 Å². The highest BCUT2D eigenvalue weighted by Gasteiger charge is 2.62. The normalized spacial score (nSPS) is 49.9. The molecule has 0 aliphatic heterocycles.